The number of rotatable bonds is 4. The molecule has 2 N–H and O–H groups in total. The Hall–Kier alpha value is -2.80. The molecule has 4 heteroatoms. The van der Waals surface area contributed by atoms with Crippen LogP contribution in [0.4, 0.5) is 10.5 Å². The molecule has 2 amide bonds. The predicted octanol–water partition coefficient (Wildman–Crippen LogP) is 2.92. The summed E-state index contributed by atoms with van der Waals surface area (Å²) in [5, 5.41) is 14.2. The van der Waals surface area contributed by atoms with Crippen LogP contribution < -0.4 is 10.6 Å². The number of benzene rings is 2. The van der Waals surface area contributed by atoms with Gasteiger partial charge >= 0.3 is 6.03 Å². The van der Waals surface area contributed by atoms with Gasteiger partial charge in [0, 0.05) is 12.2 Å². The van der Waals surface area contributed by atoms with Gasteiger partial charge in [-0.25, -0.2) is 4.79 Å². The third kappa shape index (κ3) is 4.14. The molecule has 0 aliphatic carbocycles. The molecule has 0 saturated carbocycles. The number of hydrogen-bond acceptors (Lipinski definition) is 2. The van der Waals surface area contributed by atoms with Crippen LogP contribution in [0.2, 0.25) is 0 Å². The highest BCUT2D eigenvalue weighted by molar-refractivity contribution is 5.89. The van der Waals surface area contributed by atoms with Crippen LogP contribution in [-0.2, 0) is 6.42 Å². The van der Waals surface area contributed by atoms with E-state index in [4.69, 9.17) is 5.26 Å². The lowest BCUT2D eigenvalue weighted by atomic mass is 10.1. The largest absolute Gasteiger partial charge is 0.338 e. The van der Waals surface area contributed by atoms with Gasteiger partial charge in [-0.1, -0.05) is 30.3 Å². The first-order chi connectivity index (χ1) is 9.78. The predicted molar refractivity (Wildman–Crippen MR) is 78.3 cm³/mol. The Morgan fingerprint density at radius 3 is 2.40 bits per heavy atom. The zero-order valence-electron chi connectivity index (χ0n) is 11.0. The Labute approximate surface area is 118 Å². The molecule has 0 heterocycles. The van der Waals surface area contributed by atoms with Gasteiger partial charge in [0.1, 0.15) is 0 Å². The van der Waals surface area contributed by atoms with Gasteiger partial charge in [0.15, 0.2) is 0 Å². The number of hydrogen-bond donors (Lipinski definition) is 2. The van der Waals surface area contributed by atoms with Crippen molar-refractivity contribution in [2.45, 2.75) is 6.42 Å². The van der Waals surface area contributed by atoms with E-state index in [0.29, 0.717) is 17.8 Å². The van der Waals surface area contributed by atoms with Gasteiger partial charge < -0.3 is 10.6 Å². The van der Waals surface area contributed by atoms with Gasteiger partial charge in [-0.3, -0.25) is 0 Å². The summed E-state index contributed by atoms with van der Waals surface area (Å²) in [5.41, 5.74) is 2.42. The topological polar surface area (TPSA) is 64.9 Å². The number of amides is 2. The highest BCUT2D eigenvalue weighted by atomic mass is 16.2. The molecule has 4 nitrogen and oxygen atoms in total. The van der Waals surface area contributed by atoms with E-state index >= 15 is 0 Å². The summed E-state index contributed by atoms with van der Waals surface area (Å²) >= 11 is 0. The minimum atomic E-state index is -0.245. The molecule has 0 aliphatic rings. The average Bonchev–Trinajstić information content (AvgIpc) is 2.49. The van der Waals surface area contributed by atoms with Crippen LogP contribution in [-0.4, -0.2) is 12.6 Å². The molecule has 100 valence electrons. The van der Waals surface area contributed by atoms with E-state index in [1.54, 1.807) is 24.3 Å². The summed E-state index contributed by atoms with van der Waals surface area (Å²) in [6.45, 7) is 0.576. The van der Waals surface area contributed by atoms with E-state index in [1.165, 1.54) is 5.56 Å². The molecule has 20 heavy (non-hydrogen) atoms. The molecule has 0 radical (unpaired) electrons. The fourth-order valence-corrected chi connectivity index (χ4v) is 1.77. The minimum Gasteiger partial charge on any atom is -0.338 e. The molecule has 0 bridgehead atoms. The van der Waals surface area contributed by atoms with Crippen LogP contribution in [0.1, 0.15) is 11.1 Å². The van der Waals surface area contributed by atoms with Crippen molar-refractivity contribution in [3.8, 4) is 6.07 Å². The van der Waals surface area contributed by atoms with Crippen molar-refractivity contribution in [1.82, 2.24) is 5.32 Å². The van der Waals surface area contributed by atoms with Gasteiger partial charge in [-0.05, 0) is 36.2 Å². The van der Waals surface area contributed by atoms with Gasteiger partial charge in [0.2, 0.25) is 0 Å². The standard InChI is InChI=1S/C16H15N3O/c17-12-14-6-8-15(9-7-14)19-16(20)18-11-10-13-4-2-1-3-5-13/h1-9H,10-11H2,(H2,18,19,20). The zero-order valence-corrected chi connectivity index (χ0v) is 11.0. The Balaban J connectivity index is 1.76. The third-order valence-electron chi connectivity index (χ3n) is 2.81. The monoisotopic (exact) mass is 265 g/mol. The average molecular weight is 265 g/mol. The van der Waals surface area contributed by atoms with Gasteiger partial charge in [0.05, 0.1) is 11.6 Å². The molecule has 2 aromatic rings. The van der Waals surface area contributed by atoms with Crippen LogP contribution >= 0.6 is 0 Å². The molecule has 0 fully saturated rings. The summed E-state index contributed by atoms with van der Waals surface area (Å²) in [6, 6.07) is 18.5. The summed E-state index contributed by atoms with van der Waals surface area (Å²) in [4.78, 5) is 11.7. The van der Waals surface area contributed by atoms with E-state index < -0.39 is 0 Å². The maximum atomic E-state index is 11.7. The molecule has 0 atom stereocenters. The molecule has 0 unspecified atom stereocenters. The maximum absolute atomic E-state index is 11.7. The van der Waals surface area contributed by atoms with Gasteiger partial charge in [-0.15, -0.1) is 0 Å². The first kappa shape index (κ1) is 13.6. The molecular formula is C16H15N3O. The molecular weight excluding hydrogens is 250 g/mol. The highest BCUT2D eigenvalue weighted by Gasteiger charge is 2.01. The first-order valence-corrected chi connectivity index (χ1v) is 6.37. The lowest BCUT2D eigenvalue weighted by Gasteiger charge is -2.07. The lowest BCUT2D eigenvalue weighted by molar-refractivity contribution is 0.252. The van der Waals surface area contributed by atoms with E-state index in [-0.39, 0.29) is 6.03 Å². The van der Waals surface area contributed by atoms with Crippen molar-refractivity contribution in [1.29, 1.82) is 5.26 Å². The lowest BCUT2D eigenvalue weighted by Crippen LogP contribution is -2.30. The van der Waals surface area contributed by atoms with Crippen molar-refractivity contribution >= 4 is 11.7 Å². The second-order valence-electron chi connectivity index (χ2n) is 4.31. The molecule has 2 rings (SSSR count). The molecule has 0 spiro atoms. The van der Waals surface area contributed by atoms with E-state index in [0.717, 1.165) is 6.42 Å². The van der Waals surface area contributed by atoms with Crippen molar-refractivity contribution in [3.63, 3.8) is 0 Å². The number of nitriles is 1. The fourth-order valence-electron chi connectivity index (χ4n) is 1.77. The van der Waals surface area contributed by atoms with Crippen LogP contribution in [0.25, 0.3) is 0 Å². The van der Waals surface area contributed by atoms with Gasteiger partial charge in [0.25, 0.3) is 0 Å². The third-order valence-corrected chi connectivity index (χ3v) is 2.81. The maximum Gasteiger partial charge on any atom is 0.319 e. The quantitative estimate of drug-likeness (QED) is 0.892. The summed E-state index contributed by atoms with van der Waals surface area (Å²) < 4.78 is 0. The first-order valence-electron chi connectivity index (χ1n) is 6.37. The number of nitrogens with one attached hydrogen (secondary N) is 2. The van der Waals surface area contributed by atoms with Crippen LogP contribution in [0, 0.1) is 11.3 Å². The van der Waals surface area contributed by atoms with E-state index in [1.807, 2.05) is 36.4 Å². The molecule has 0 aromatic heterocycles. The molecule has 0 saturated heterocycles. The smallest absolute Gasteiger partial charge is 0.319 e. The fraction of sp³-hybridized carbons (Fsp3) is 0.125. The highest BCUT2D eigenvalue weighted by Crippen LogP contribution is 2.08. The van der Waals surface area contributed by atoms with Crippen LogP contribution in [0.15, 0.2) is 54.6 Å². The second kappa shape index (κ2) is 6.95. The number of nitrogens with zero attached hydrogens (tertiary/aromatic N) is 1. The number of carbonyl (C=O) groups is 1. The molecule has 2 aromatic carbocycles. The normalized spacial score (nSPS) is 9.55. The number of carbonyl (C=O) groups excluding carboxylic acids is 1. The van der Waals surface area contributed by atoms with Crippen LogP contribution in [0.5, 0.6) is 0 Å². The molecule has 0 aliphatic heterocycles. The number of anilines is 1. The summed E-state index contributed by atoms with van der Waals surface area (Å²) in [6.07, 6.45) is 0.793. The number of urea groups is 1. The van der Waals surface area contributed by atoms with Gasteiger partial charge in [-0.2, -0.15) is 5.26 Å². The Bertz CT molecular complexity index is 600. The summed E-state index contributed by atoms with van der Waals surface area (Å²) in [5.74, 6) is 0. The van der Waals surface area contributed by atoms with Crippen LogP contribution in [0.3, 0.4) is 0 Å². The Morgan fingerprint density at radius 1 is 1.05 bits per heavy atom. The van der Waals surface area contributed by atoms with Crippen molar-refractivity contribution in [3.05, 3.63) is 65.7 Å². The zero-order chi connectivity index (χ0) is 14.2. The van der Waals surface area contributed by atoms with Crippen molar-refractivity contribution in [2.75, 3.05) is 11.9 Å². The SMILES string of the molecule is N#Cc1ccc(NC(=O)NCCc2ccccc2)cc1. The Kier molecular flexibility index (Phi) is 4.74. The second-order valence-corrected chi connectivity index (χ2v) is 4.31. The summed E-state index contributed by atoms with van der Waals surface area (Å²) in [7, 11) is 0. The van der Waals surface area contributed by atoms with E-state index in [9.17, 15) is 4.79 Å². The van der Waals surface area contributed by atoms with E-state index in [2.05, 4.69) is 10.6 Å². The van der Waals surface area contributed by atoms with Crippen molar-refractivity contribution < 1.29 is 4.79 Å². The Morgan fingerprint density at radius 2 is 1.75 bits per heavy atom. The minimum absolute atomic E-state index is 0.245. The van der Waals surface area contributed by atoms with Crippen molar-refractivity contribution in [2.24, 2.45) is 0 Å².